The standard InChI is InChI=1S/C39H59N3O7/c1-11-12-27-20-30(48-10)29(34-33(45)32(44)24(3)31(21-43)49-34)19-28(27)18-26-14-13-25(17-23(26)2)15-16-37(4,5)35(46)42-39(8,9)36(47)41-22-38(6,7)40/h13-17,19-20,24,31-34,43-45H,11-12,18,21-22,40H2,1-10H3,(H,41,47)(H,42,46). The molecule has 2 aromatic rings. The Labute approximate surface area is 292 Å². The highest BCUT2D eigenvalue weighted by atomic mass is 16.5. The molecule has 1 heterocycles. The second-order valence-electron chi connectivity index (χ2n) is 15.4. The van der Waals surface area contributed by atoms with Crippen molar-refractivity contribution in [2.45, 2.75) is 117 Å². The van der Waals surface area contributed by atoms with Crippen LogP contribution in [-0.4, -0.2) is 76.8 Å². The van der Waals surface area contributed by atoms with E-state index in [1.54, 1.807) is 27.9 Å². The summed E-state index contributed by atoms with van der Waals surface area (Å²) in [5.41, 5.74) is 9.36. The topological polar surface area (TPSA) is 163 Å². The van der Waals surface area contributed by atoms with Gasteiger partial charge in [0.15, 0.2) is 0 Å². The second kappa shape index (κ2) is 16.2. The second-order valence-corrected chi connectivity index (χ2v) is 15.4. The van der Waals surface area contributed by atoms with Gasteiger partial charge in [0.1, 0.15) is 23.5 Å². The molecule has 1 aliphatic heterocycles. The van der Waals surface area contributed by atoms with Gasteiger partial charge in [0.25, 0.3) is 0 Å². The Morgan fingerprint density at radius 1 is 1.00 bits per heavy atom. The van der Waals surface area contributed by atoms with Gasteiger partial charge in [-0.05, 0) is 101 Å². The SMILES string of the molecule is CCCc1cc(OC)c(C2OC(CO)C(C)C(O)C2O)cc1Cc1ccc(C=CC(C)(C)C(=O)NC(C)(C)C(=O)NCC(C)(C)N)cc1C. The molecule has 0 saturated carbocycles. The molecule has 2 aromatic carbocycles. The van der Waals surface area contributed by atoms with E-state index < -0.39 is 46.8 Å². The van der Waals surface area contributed by atoms with Crippen LogP contribution in [0.1, 0.15) is 101 Å². The summed E-state index contributed by atoms with van der Waals surface area (Å²) in [6.45, 7) is 16.5. The number of amides is 2. The maximum absolute atomic E-state index is 13.3. The number of aliphatic hydroxyl groups excluding tert-OH is 3. The average molecular weight is 682 g/mol. The average Bonchev–Trinajstić information content (AvgIpc) is 3.03. The van der Waals surface area contributed by atoms with Crippen LogP contribution in [0.5, 0.6) is 5.75 Å². The van der Waals surface area contributed by atoms with Crippen LogP contribution in [0.2, 0.25) is 0 Å². The van der Waals surface area contributed by atoms with Crippen molar-refractivity contribution in [3.05, 3.63) is 69.8 Å². The minimum Gasteiger partial charge on any atom is -0.496 e. The molecule has 0 radical (unpaired) electrons. The molecule has 1 aliphatic rings. The molecule has 10 heteroatoms. The number of rotatable bonds is 14. The summed E-state index contributed by atoms with van der Waals surface area (Å²) < 4.78 is 11.9. The third kappa shape index (κ3) is 10.1. The van der Waals surface area contributed by atoms with E-state index in [-0.39, 0.29) is 25.0 Å². The van der Waals surface area contributed by atoms with Gasteiger partial charge in [0.2, 0.25) is 11.8 Å². The summed E-state index contributed by atoms with van der Waals surface area (Å²) in [6.07, 6.45) is 2.43. The Balaban J connectivity index is 1.84. The molecule has 5 atom stereocenters. The highest BCUT2D eigenvalue weighted by molar-refractivity contribution is 5.93. The van der Waals surface area contributed by atoms with Gasteiger partial charge in [-0.15, -0.1) is 0 Å². The lowest BCUT2D eigenvalue weighted by Crippen LogP contribution is -2.59. The first-order valence-corrected chi connectivity index (χ1v) is 17.2. The lowest BCUT2D eigenvalue weighted by molar-refractivity contribution is -0.207. The molecule has 5 unspecified atom stereocenters. The lowest BCUT2D eigenvalue weighted by Gasteiger charge is -2.41. The molecular formula is C39H59N3O7. The van der Waals surface area contributed by atoms with E-state index in [0.717, 1.165) is 40.7 Å². The maximum Gasteiger partial charge on any atom is 0.245 e. The van der Waals surface area contributed by atoms with E-state index in [0.29, 0.717) is 17.7 Å². The lowest BCUT2D eigenvalue weighted by atomic mass is 9.84. The number of hydrogen-bond acceptors (Lipinski definition) is 8. The zero-order valence-corrected chi connectivity index (χ0v) is 31.0. The molecule has 272 valence electrons. The summed E-state index contributed by atoms with van der Waals surface area (Å²) in [6, 6.07) is 10.2. The van der Waals surface area contributed by atoms with Gasteiger partial charge in [-0.3, -0.25) is 9.59 Å². The number of carbonyl (C=O) groups is 2. The number of ether oxygens (including phenoxy) is 2. The summed E-state index contributed by atoms with van der Waals surface area (Å²) in [5, 5.41) is 37.4. The first kappa shape index (κ1) is 40.2. The molecule has 7 N–H and O–H groups in total. The molecular weight excluding hydrogens is 622 g/mol. The zero-order valence-electron chi connectivity index (χ0n) is 31.0. The van der Waals surface area contributed by atoms with Gasteiger partial charge in [0, 0.05) is 23.6 Å². The Hall–Kier alpha value is -3.28. The van der Waals surface area contributed by atoms with Crippen LogP contribution in [0.25, 0.3) is 6.08 Å². The smallest absolute Gasteiger partial charge is 0.245 e. The molecule has 0 aromatic heterocycles. The molecule has 0 bridgehead atoms. The van der Waals surface area contributed by atoms with Crippen LogP contribution < -0.4 is 21.1 Å². The van der Waals surface area contributed by atoms with Crippen LogP contribution in [0.4, 0.5) is 0 Å². The Kier molecular flexibility index (Phi) is 13.2. The number of benzene rings is 2. The molecule has 1 saturated heterocycles. The fraction of sp³-hybridized carbons (Fsp3) is 0.590. The molecule has 2 amide bonds. The van der Waals surface area contributed by atoms with E-state index in [1.165, 1.54) is 0 Å². The van der Waals surface area contributed by atoms with Gasteiger partial charge in [0.05, 0.1) is 31.3 Å². The van der Waals surface area contributed by atoms with Gasteiger partial charge in [-0.25, -0.2) is 0 Å². The third-order valence-corrected chi connectivity index (χ3v) is 9.39. The Morgan fingerprint density at radius 3 is 2.24 bits per heavy atom. The van der Waals surface area contributed by atoms with Crippen LogP contribution >= 0.6 is 0 Å². The van der Waals surface area contributed by atoms with Crippen molar-refractivity contribution in [2.75, 3.05) is 20.3 Å². The van der Waals surface area contributed by atoms with Gasteiger partial charge < -0.3 is 41.2 Å². The first-order chi connectivity index (χ1) is 22.7. The fourth-order valence-corrected chi connectivity index (χ4v) is 5.96. The van der Waals surface area contributed by atoms with Crippen LogP contribution in [-0.2, 0) is 27.2 Å². The van der Waals surface area contributed by atoms with E-state index in [9.17, 15) is 24.9 Å². The zero-order chi connectivity index (χ0) is 36.9. The van der Waals surface area contributed by atoms with Gasteiger partial charge in [-0.1, -0.05) is 50.6 Å². The monoisotopic (exact) mass is 681 g/mol. The Bertz CT molecular complexity index is 1490. The third-order valence-electron chi connectivity index (χ3n) is 9.39. The fourth-order valence-electron chi connectivity index (χ4n) is 5.96. The van der Waals surface area contributed by atoms with Crippen LogP contribution in [0.15, 0.2) is 36.4 Å². The molecule has 1 fully saturated rings. The van der Waals surface area contributed by atoms with Crippen molar-refractivity contribution in [2.24, 2.45) is 17.1 Å². The maximum atomic E-state index is 13.3. The molecule has 0 aliphatic carbocycles. The van der Waals surface area contributed by atoms with E-state index in [2.05, 4.69) is 36.6 Å². The molecule has 0 spiro atoms. The van der Waals surface area contributed by atoms with Crippen LogP contribution in [0.3, 0.4) is 0 Å². The van der Waals surface area contributed by atoms with Crippen molar-refractivity contribution in [3.8, 4) is 5.75 Å². The largest absolute Gasteiger partial charge is 0.496 e. The minimum absolute atomic E-state index is 0.268. The first-order valence-electron chi connectivity index (χ1n) is 17.2. The quantitative estimate of drug-likeness (QED) is 0.174. The Morgan fingerprint density at radius 2 is 1.67 bits per heavy atom. The normalized spacial score (nSPS) is 21.9. The molecule has 3 rings (SSSR count). The van der Waals surface area contributed by atoms with Crippen LogP contribution in [0, 0.1) is 18.3 Å². The number of methoxy groups -OCH3 is 1. The number of hydrogen-bond donors (Lipinski definition) is 6. The number of aliphatic hydroxyl groups is 3. The number of nitrogens with one attached hydrogen (secondary N) is 2. The van der Waals surface area contributed by atoms with Crippen molar-refractivity contribution < 1.29 is 34.4 Å². The van der Waals surface area contributed by atoms with Gasteiger partial charge >= 0.3 is 0 Å². The summed E-state index contributed by atoms with van der Waals surface area (Å²) >= 11 is 0. The number of nitrogens with two attached hydrogens (primary N) is 1. The molecule has 10 nitrogen and oxygen atoms in total. The summed E-state index contributed by atoms with van der Waals surface area (Å²) in [4.78, 5) is 26.0. The van der Waals surface area contributed by atoms with Crippen molar-refractivity contribution >= 4 is 17.9 Å². The van der Waals surface area contributed by atoms with E-state index in [4.69, 9.17) is 15.2 Å². The highest BCUT2D eigenvalue weighted by Crippen LogP contribution is 2.40. The predicted octanol–water partition coefficient (Wildman–Crippen LogP) is 4.12. The summed E-state index contributed by atoms with van der Waals surface area (Å²) in [5.74, 6) is -0.436. The van der Waals surface area contributed by atoms with E-state index >= 15 is 0 Å². The van der Waals surface area contributed by atoms with Gasteiger partial charge in [-0.2, -0.15) is 0 Å². The van der Waals surface area contributed by atoms with Crippen molar-refractivity contribution in [3.63, 3.8) is 0 Å². The number of aryl methyl sites for hydroxylation is 2. The predicted molar refractivity (Wildman–Crippen MR) is 193 cm³/mol. The number of carbonyl (C=O) groups excluding carboxylic acids is 2. The van der Waals surface area contributed by atoms with Crippen molar-refractivity contribution in [1.29, 1.82) is 0 Å². The minimum atomic E-state index is -1.18. The van der Waals surface area contributed by atoms with E-state index in [1.807, 2.05) is 58.0 Å². The summed E-state index contributed by atoms with van der Waals surface area (Å²) in [7, 11) is 1.58. The highest BCUT2D eigenvalue weighted by Gasteiger charge is 2.43. The molecule has 49 heavy (non-hydrogen) atoms. The van der Waals surface area contributed by atoms with Crippen molar-refractivity contribution in [1.82, 2.24) is 10.6 Å².